The molecule has 0 aromatic carbocycles. The van der Waals surface area contributed by atoms with E-state index in [9.17, 15) is 9.90 Å². The van der Waals surface area contributed by atoms with Crippen molar-refractivity contribution in [2.24, 2.45) is 0 Å². The average molecular weight is 541 g/mol. The van der Waals surface area contributed by atoms with Crippen molar-refractivity contribution in [3.05, 3.63) is 0 Å². The van der Waals surface area contributed by atoms with Crippen LogP contribution in [-0.4, -0.2) is 54.0 Å². The minimum atomic E-state index is -0.674. The number of aliphatic hydroxyl groups excluding tert-OH is 1. The summed E-state index contributed by atoms with van der Waals surface area (Å²) in [6.45, 7) is 4.30. The minimum Gasteiger partial charge on any atom is -0.481 e. The molecule has 2 N–H and O–H groups in total. The lowest BCUT2D eigenvalue weighted by Gasteiger charge is -2.32. The molecule has 38 heavy (non-hydrogen) atoms. The number of nitrogens with zero attached hydrogens (tertiary/aromatic N) is 1. The van der Waals surface area contributed by atoms with Gasteiger partial charge in [-0.2, -0.15) is 0 Å². The van der Waals surface area contributed by atoms with Crippen LogP contribution in [0.25, 0.3) is 0 Å². The van der Waals surface area contributed by atoms with Crippen molar-refractivity contribution < 1.29 is 19.5 Å². The first-order valence-corrected chi connectivity index (χ1v) is 17.1. The number of unbranched alkanes of at least 4 members (excludes halogenated alkanes) is 23. The smallest absolute Gasteiger partial charge is 0.303 e. The van der Waals surface area contributed by atoms with Gasteiger partial charge < -0.3 is 14.7 Å². The fourth-order valence-corrected chi connectivity index (χ4v) is 5.73. The Morgan fingerprint density at radius 1 is 0.553 bits per heavy atom. The topological polar surface area (TPSA) is 57.5 Å². The van der Waals surface area contributed by atoms with Crippen LogP contribution in [0.5, 0.6) is 0 Å². The van der Waals surface area contributed by atoms with Crippen LogP contribution in [0, 0.1) is 0 Å². The van der Waals surface area contributed by atoms with Gasteiger partial charge in [-0.25, -0.2) is 0 Å². The lowest BCUT2D eigenvalue weighted by molar-refractivity contribution is -0.893. The molecule has 0 rings (SSSR count). The molecule has 0 saturated heterocycles. The van der Waals surface area contributed by atoms with Crippen molar-refractivity contribution in [1.82, 2.24) is 0 Å². The lowest BCUT2D eigenvalue weighted by Crippen LogP contribution is -2.45. The van der Waals surface area contributed by atoms with Crippen LogP contribution < -0.4 is 0 Å². The molecule has 0 fully saturated rings. The number of aliphatic carboxylic acids is 1. The Hall–Kier alpha value is -0.610. The van der Waals surface area contributed by atoms with E-state index < -0.39 is 5.97 Å². The van der Waals surface area contributed by atoms with Gasteiger partial charge >= 0.3 is 5.97 Å². The van der Waals surface area contributed by atoms with E-state index in [4.69, 9.17) is 5.11 Å². The van der Waals surface area contributed by atoms with E-state index in [0.29, 0.717) is 6.42 Å². The van der Waals surface area contributed by atoms with Crippen LogP contribution in [0.15, 0.2) is 0 Å². The third kappa shape index (κ3) is 29.9. The normalized spacial score (nSPS) is 12.7. The number of rotatable bonds is 31. The number of hydrogen-bond donors (Lipinski definition) is 2. The summed E-state index contributed by atoms with van der Waals surface area (Å²) in [7, 11) is 4.51. The van der Waals surface area contributed by atoms with Crippen molar-refractivity contribution >= 4 is 5.97 Å². The van der Waals surface area contributed by atoms with Crippen LogP contribution in [0.2, 0.25) is 0 Å². The van der Waals surface area contributed by atoms with E-state index in [2.05, 4.69) is 21.0 Å². The number of likely N-dealkylation sites (N-methyl/N-ethyl adjacent to an activating group) is 1. The van der Waals surface area contributed by atoms with Gasteiger partial charge in [-0.3, -0.25) is 4.79 Å². The summed E-state index contributed by atoms with van der Waals surface area (Å²) in [5.41, 5.74) is 0. The van der Waals surface area contributed by atoms with E-state index in [1.807, 2.05) is 0 Å². The predicted molar refractivity (Wildman–Crippen MR) is 166 cm³/mol. The summed E-state index contributed by atoms with van der Waals surface area (Å²) in [6, 6.07) is 0. The minimum absolute atomic E-state index is 0.166. The molecule has 0 aromatic heterocycles. The van der Waals surface area contributed by atoms with Gasteiger partial charge in [0, 0.05) is 6.42 Å². The van der Waals surface area contributed by atoms with Gasteiger partial charge in [-0.05, 0) is 25.7 Å². The molecular formula is C34H70NO3+. The highest BCUT2D eigenvalue weighted by atomic mass is 16.4. The number of carboxylic acid groups (broad SMARTS) is 1. The maximum atomic E-state index is 10.5. The standard InChI is InChI=1S/C34H69NO3/c1-4-5-6-7-8-9-10-11-12-13-14-15-16-17-18-20-23-26-29-33(36)32-35(2,3)31-28-25-22-19-21-24-27-30-34(37)38/h33,36H,4-32H2,1-3H3/p+1. The van der Waals surface area contributed by atoms with Crippen LogP contribution in [0.1, 0.15) is 180 Å². The van der Waals surface area contributed by atoms with E-state index in [1.54, 1.807) is 0 Å². The fraction of sp³-hybridized carbons (Fsp3) is 0.971. The van der Waals surface area contributed by atoms with Gasteiger partial charge in [0.05, 0.1) is 20.6 Å². The van der Waals surface area contributed by atoms with Gasteiger partial charge in [0.25, 0.3) is 0 Å². The molecule has 0 aliphatic rings. The zero-order valence-corrected chi connectivity index (χ0v) is 26.3. The summed E-state index contributed by atoms with van der Waals surface area (Å²) in [5.74, 6) is -0.674. The zero-order valence-electron chi connectivity index (χ0n) is 26.3. The first-order valence-electron chi connectivity index (χ1n) is 17.1. The second-order valence-electron chi connectivity index (χ2n) is 12.9. The van der Waals surface area contributed by atoms with Gasteiger partial charge in [0.1, 0.15) is 12.6 Å². The maximum Gasteiger partial charge on any atom is 0.303 e. The summed E-state index contributed by atoms with van der Waals surface area (Å²) < 4.78 is 0.916. The summed E-state index contributed by atoms with van der Waals surface area (Å²) in [5, 5.41) is 19.2. The van der Waals surface area contributed by atoms with Crippen LogP contribution in [-0.2, 0) is 4.79 Å². The fourth-order valence-electron chi connectivity index (χ4n) is 5.73. The van der Waals surface area contributed by atoms with Gasteiger partial charge in [0.2, 0.25) is 0 Å². The molecule has 0 radical (unpaired) electrons. The first-order chi connectivity index (χ1) is 18.4. The van der Waals surface area contributed by atoms with E-state index >= 15 is 0 Å². The number of quaternary nitrogens is 1. The van der Waals surface area contributed by atoms with E-state index in [-0.39, 0.29) is 6.10 Å². The van der Waals surface area contributed by atoms with Gasteiger partial charge in [-0.15, -0.1) is 0 Å². The van der Waals surface area contributed by atoms with Crippen molar-refractivity contribution in [2.75, 3.05) is 27.2 Å². The highest BCUT2D eigenvalue weighted by Crippen LogP contribution is 2.16. The highest BCUT2D eigenvalue weighted by Gasteiger charge is 2.19. The summed E-state index contributed by atoms with van der Waals surface area (Å²) in [6.07, 6.45) is 34.2. The van der Waals surface area contributed by atoms with E-state index in [0.717, 1.165) is 43.3 Å². The molecule has 0 aromatic rings. The quantitative estimate of drug-likeness (QED) is 0.0679. The molecule has 4 nitrogen and oxygen atoms in total. The van der Waals surface area contributed by atoms with Gasteiger partial charge in [-0.1, -0.05) is 148 Å². The van der Waals surface area contributed by atoms with Crippen LogP contribution in [0.3, 0.4) is 0 Å². The first kappa shape index (κ1) is 37.4. The molecule has 0 spiro atoms. The Bertz CT molecular complexity index is 494. The lowest BCUT2D eigenvalue weighted by atomic mass is 10.0. The molecule has 228 valence electrons. The Kier molecular flexibility index (Phi) is 27.5. The molecule has 1 unspecified atom stereocenters. The Morgan fingerprint density at radius 3 is 1.29 bits per heavy atom. The Morgan fingerprint density at radius 2 is 0.895 bits per heavy atom. The second kappa shape index (κ2) is 27.9. The SMILES string of the molecule is CCCCCCCCCCCCCCCCCCCCC(O)C[N+](C)(C)CCCCCCCCCC(=O)O. The Labute approximate surface area is 239 Å². The van der Waals surface area contributed by atoms with Crippen molar-refractivity contribution in [2.45, 2.75) is 186 Å². The summed E-state index contributed by atoms with van der Waals surface area (Å²) >= 11 is 0. The molecule has 0 heterocycles. The molecule has 4 heteroatoms. The molecule has 0 amide bonds. The van der Waals surface area contributed by atoms with Crippen LogP contribution in [0.4, 0.5) is 0 Å². The van der Waals surface area contributed by atoms with Crippen molar-refractivity contribution in [3.8, 4) is 0 Å². The largest absolute Gasteiger partial charge is 0.481 e. The van der Waals surface area contributed by atoms with Gasteiger partial charge in [0.15, 0.2) is 0 Å². The molecule has 0 aliphatic heterocycles. The number of carbonyl (C=O) groups is 1. The Balaban J connectivity index is 3.39. The highest BCUT2D eigenvalue weighted by molar-refractivity contribution is 5.66. The molecule has 1 atom stereocenters. The van der Waals surface area contributed by atoms with Crippen LogP contribution >= 0.6 is 0 Å². The van der Waals surface area contributed by atoms with E-state index in [1.165, 1.54) is 141 Å². The average Bonchev–Trinajstić information content (AvgIpc) is 2.86. The molecular weight excluding hydrogens is 470 g/mol. The van der Waals surface area contributed by atoms with Crippen molar-refractivity contribution in [1.29, 1.82) is 0 Å². The predicted octanol–water partition coefficient (Wildman–Crippen LogP) is 10.1. The van der Waals surface area contributed by atoms with Crippen molar-refractivity contribution in [3.63, 3.8) is 0 Å². The number of hydrogen-bond acceptors (Lipinski definition) is 2. The molecule has 0 saturated carbocycles. The number of carboxylic acids is 1. The summed E-state index contributed by atoms with van der Waals surface area (Å²) in [4.78, 5) is 10.5. The zero-order chi connectivity index (χ0) is 28.2. The number of aliphatic hydroxyl groups is 1. The third-order valence-corrected chi connectivity index (χ3v) is 8.25. The maximum absolute atomic E-state index is 10.5. The molecule has 0 bridgehead atoms. The molecule has 0 aliphatic carbocycles. The third-order valence-electron chi connectivity index (χ3n) is 8.25. The second-order valence-corrected chi connectivity index (χ2v) is 12.9. The monoisotopic (exact) mass is 541 g/mol.